The average Bonchev–Trinajstić information content (AvgIpc) is 2.21. The fourth-order valence-corrected chi connectivity index (χ4v) is 2.34. The molecular formula is C10H20O2. The Bertz CT molecular complexity index is 159. The summed E-state index contributed by atoms with van der Waals surface area (Å²) in [7, 11) is 0. The van der Waals surface area contributed by atoms with Crippen LogP contribution in [-0.2, 0) is 4.74 Å². The summed E-state index contributed by atoms with van der Waals surface area (Å²) in [6, 6.07) is 0. The maximum Gasteiger partial charge on any atom is 0.0943 e. The molecule has 1 aliphatic rings. The number of aliphatic hydroxyl groups is 1. The van der Waals surface area contributed by atoms with Crippen molar-refractivity contribution in [3.63, 3.8) is 0 Å². The van der Waals surface area contributed by atoms with Crippen molar-refractivity contribution < 1.29 is 9.84 Å². The summed E-state index contributed by atoms with van der Waals surface area (Å²) in [5.74, 6) is 0.461. The van der Waals surface area contributed by atoms with Gasteiger partial charge in [0, 0.05) is 0 Å². The second-order valence-corrected chi connectivity index (χ2v) is 4.54. The average molecular weight is 172 g/mol. The molecule has 0 aromatic heterocycles. The molecule has 0 aromatic rings. The number of hydrogen-bond acceptors (Lipinski definition) is 2. The first kappa shape index (κ1) is 10.0. The van der Waals surface area contributed by atoms with Crippen LogP contribution in [0.4, 0.5) is 0 Å². The van der Waals surface area contributed by atoms with E-state index in [1.807, 2.05) is 0 Å². The third-order valence-electron chi connectivity index (χ3n) is 3.04. The highest BCUT2D eigenvalue weighted by Crippen LogP contribution is 2.43. The van der Waals surface area contributed by atoms with E-state index >= 15 is 0 Å². The standard InChI is InChI=1S/C10H20O2/c1-5-10(7-11)8(2)6-9(3,4)12-10/h8,11H,5-7H2,1-4H3/t8?,10-/m0/s1. The van der Waals surface area contributed by atoms with Gasteiger partial charge in [0.05, 0.1) is 17.8 Å². The molecule has 0 saturated carbocycles. The molecule has 0 aromatic carbocycles. The Labute approximate surface area is 74.9 Å². The Morgan fingerprint density at radius 2 is 2.08 bits per heavy atom. The number of rotatable bonds is 2. The quantitative estimate of drug-likeness (QED) is 0.690. The van der Waals surface area contributed by atoms with Crippen molar-refractivity contribution in [3.05, 3.63) is 0 Å². The lowest BCUT2D eigenvalue weighted by molar-refractivity contribution is -0.121. The molecule has 0 bridgehead atoms. The summed E-state index contributed by atoms with van der Waals surface area (Å²) in [5.41, 5.74) is -0.332. The van der Waals surface area contributed by atoms with E-state index in [1.165, 1.54) is 0 Å². The van der Waals surface area contributed by atoms with Gasteiger partial charge in [0.2, 0.25) is 0 Å². The summed E-state index contributed by atoms with van der Waals surface area (Å²) in [5, 5.41) is 9.29. The van der Waals surface area contributed by atoms with E-state index in [0.717, 1.165) is 12.8 Å². The van der Waals surface area contributed by atoms with Crippen LogP contribution in [0.3, 0.4) is 0 Å². The fraction of sp³-hybridized carbons (Fsp3) is 1.00. The molecule has 72 valence electrons. The van der Waals surface area contributed by atoms with Crippen LogP contribution < -0.4 is 0 Å². The molecule has 1 unspecified atom stereocenters. The zero-order valence-electron chi connectivity index (χ0n) is 8.55. The highest BCUT2D eigenvalue weighted by molar-refractivity contribution is 4.96. The minimum Gasteiger partial charge on any atom is -0.393 e. The van der Waals surface area contributed by atoms with E-state index in [2.05, 4.69) is 27.7 Å². The van der Waals surface area contributed by atoms with Gasteiger partial charge in [-0.05, 0) is 32.6 Å². The number of hydrogen-bond donors (Lipinski definition) is 1. The van der Waals surface area contributed by atoms with E-state index < -0.39 is 0 Å². The monoisotopic (exact) mass is 172 g/mol. The minimum atomic E-state index is -0.274. The molecule has 2 atom stereocenters. The maximum absolute atomic E-state index is 9.29. The van der Waals surface area contributed by atoms with Gasteiger partial charge < -0.3 is 9.84 Å². The molecule has 1 aliphatic heterocycles. The van der Waals surface area contributed by atoms with Crippen LogP contribution in [0.1, 0.15) is 40.5 Å². The topological polar surface area (TPSA) is 29.5 Å². The first-order valence-electron chi connectivity index (χ1n) is 4.77. The molecule has 0 radical (unpaired) electrons. The van der Waals surface area contributed by atoms with E-state index in [1.54, 1.807) is 0 Å². The Kier molecular flexibility index (Phi) is 2.50. The van der Waals surface area contributed by atoms with E-state index in [9.17, 15) is 5.11 Å². The molecule has 1 rings (SSSR count). The van der Waals surface area contributed by atoms with Crippen LogP contribution in [0.15, 0.2) is 0 Å². The van der Waals surface area contributed by atoms with Crippen LogP contribution in [0.25, 0.3) is 0 Å². The Hall–Kier alpha value is -0.0800. The van der Waals surface area contributed by atoms with Crippen LogP contribution >= 0.6 is 0 Å². The zero-order valence-corrected chi connectivity index (χ0v) is 8.55. The first-order valence-corrected chi connectivity index (χ1v) is 4.77. The lowest BCUT2D eigenvalue weighted by Gasteiger charge is -2.31. The molecule has 2 heteroatoms. The molecule has 0 aliphatic carbocycles. The van der Waals surface area contributed by atoms with Crippen LogP contribution in [0.2, 0.25) is 0 Å². The summed E-state index contributed by atoms with van der Waals surface area (Å²) < 4.78 is 5.90. The van der Waals surface area contributed by atoms with Gasteiger partial charge in [-0.15, -0.1) is 0 Å². The maximum atomic E-state index is 9.29. The smallest absolute Gasteiger partial charge is 0.0943 e. The van der Waals surface area contributed by atoms with Crippen molar-refractivity contribution in [2.75, 3.05) is 6.61 Å². The molecule has 0 amide bonds. The van der Waals surface area contributed by atoms with Crippen molar-refractivity contribution in [3.8, 4) is 0 Å². The van der Waals surface area contributed by atoms with E-state index in [4.69, 9.17) is 4.74 Å². The minimum absolute atomic E-state index is 0.0574. The molecule has 2 nitrogen and oxygen atoms in total. The number of ether oxygens (including phenoxy) is 1. The number of aliphatic hydroxyl groups excluding tert-OH is 1. The first-order chi connectivity index (χ1) is 5.46. The zero-order chi connectivity index (χ0) is 9.41. The normalized spacial score (nSPS) is 40.2. The van der Waals surface area contributed by atoms with Crippen LogP contribution in [0.5, 0.6) is 0 Å². The molecule has 1 saturated heterocycles. The SMILES string of the molecule is CC[C@@]1(CO)OC(C)(C)CC1C. The van der Waals surface area contributed by atoms with Gasteiger partial charge in [-0.1, -0.05) is 13.8 Å². The second-order valence-electron chi connectivity index (χ2n) is 4.54. The Balaban J connectivity index is 2.79. The molecule has 1 heterocycles. The van der Waals surface area contributed by atoms with Gasteiger partial charge in [-0.2, -0.15) is 0 Å². The van der Waals surface area contributed by atoms with Gasteiger partial charge in [0.15, 0.2) is 0 Å². The van der Waals surface area contributed by atoms with Gasteiger partial charge >= 0.3 is 0 Å². The van der Waals surface area contributed by atoms with Gasteiger partial charge in [0.1, 0.15) is 0 Å². The third kappa shape index (κ3) is 1.50. The fourth-order valence-electron chi connectivity index (χ4n) is 2.34. The second kappa shape index (κ2) is 3.00. The predicted molar refractivity (Wildman–Crippen MR) is 49.1 cm³/mol. The Morgan fingerprint density at radius 1 is 1.50 bits per heavy atom. The largest absolute Gasteiger partial charge is 0.393 e. The predicted octanol–water partition coefficient (Wildman–Crippen LogP) is 1.96. The lowest BCUT2D eigenvalue weighted by Crippen LogP contribution is -2.39. The third-order valence-corrected chi connectivity index (χ3v) is 3.04. The van der Waals surface area contributed by atoms with E-state index in [0.29, 0.717) is 5.92 Å². The van der Waals surface area contributed by atoms with Crippen LogP contribution in [0, 0.1) is 5.92 Å². The summed E-state index contributed by atoms with van der Waals surface area (Å²) >= 11 is 0. The summed E-state index contributed by atoms with van der Waals surface area (Å²) in [4.78, 5) is 0. The molecular weight excluding hydrogens is 152 g/mol. The van der Waals surface area contributed by atoms with Crippen LogP contribution in [-0.4, -0.2) is 22.9 Å². The van der Waals surface area contributed by atoms with Crippen molar-refractivity contribution in [2.24, 2.45) is 5.92 Å². The van der Waals surface area contributed by atoms with Crippen molar-refractivity contribution in [1.82, 2.24) is 0 Å². The van der Waals surface area contributed by atoms with E-state index in [-0.39, 0.29) is 17.8 Å². The molecule has 1 N–H and O–H groups in total. The van der Waals surface area contributed by atoms with Gasteiger partial charge in [0.25, 0.3) is 0 Å². The molecule has 1 fully saturated rings. The summed E-state index contributed by atoms with van der Waals surface area (Å²) in [6.45, 7) is 8.57. The highest BCUT2D eigenvalue weighted by Gasteiger charge is 2.48. The Morgan fingerprint density at radius 3 is 2.25 bits per heavy atom. The van der Waals surface area contributed by atoms with Crippen molar-refractivity contribution in [1.29, 1.82) is 0 Å². The van der Waals surface area contributed by atoms with Gasteiger partial charge in [-0.25, -0.2) is 0 Å². The lowest BCUT2D eigenvalue weighted by atomic mass is 9.85. The molecule has 12 heavy (non-hydrogen) atoms. The molecule has 0 spiro atoms. The highest BCUT2D eigenvalue weighted by atomic mass is 16.5. The van der Waals surface area contributed by atoms with Crippen molar-refractivity contribution >= 4 is 0 Å². The summed E-state index contributed by atoms with van der Waals surface area (Å²) in [6.07, 6.45) is 1.94. The van der Waals surface area contributed by atoms with Gasteiger partial charge in [-0.3, -0.25) is 0 Å². The van der Waals surface area contributed by atoms with Crippen molar-refractivity contribution in [2.45, 2.75) is 51.7 Å².